The summed E-state index contributed by atoms with van der Waals surface area (Å²) < 4.78 is 13.0. The van der Waals surface area contributed by atoms with Crippen LogP contribution in [0.3, 0.4) is 0 Å². The van der Waals surface area contributed by atoms with Crippen LogP contribution < -0.4 is 5.32 Å². The minimum Gasteiger partial charge on any atom is -0.478 e. The maximum absolute atomic E-state index is 12.9. The Morgan fingerprint density at radius 2 is 1.56 bits per heavy atom. The first-order chi connectivity index (χ1) is 21.9. The van der Waals surface area contributed by atoms with Gasteiger partial charge in [-0.3, -0.25) is 9.78 Å². The van der Waals surface area contributed by atoms with E-state index in [-0.39, 0.29) is 41.9 Å². The van der Waals surface area contributed by atoms with Crippen molar-refractivity contribution in [2.24, 2.45) is 5.92 Å². The van der Waals surface area contributed by atoms with Crippen molar-refractivity contribution in [2.75, 3.05) is 11.1 Å². The Bertz CT molecular complexity index is 1820. The summed E-state index contributed by atoms with van der Waals surface area (Å²) in [5.41, 5.74) is 4.92. The number of amides is 1. The van der Waals surface area contributed by atoms with Crippen LogP contribution >= 0.6 is 11.8 Å². The Labute approximate surface area is 264 Å². The number of fused-ring (bicyclic) bond motifs is 1. The molecule has 1 fully saturated rings. The molecule has 4 aromatic carbocycles. The van der Waals surface area contributed by atoms with Crippen LogP contribution in [0.1, 0.15) is 56.9 Å². The fourth-order valence-electron chi connectivity index (χ4n) is 5.24. The average molecular weight is 622 g/mol. The van der Waals surface area contributed by atoms with Gasteiger partial charge in [-0.25, -0.2) is 9.78 Å². The zero-order valence-corrected chi connectivity index (χ0v) is 25.2. The zero-order valence-electron chi connectivity index (χ0n) is 24.4. The summed E-state index contributed by atoms with van der Waals surface area (Å²) in [5.74, 6) is -0.895. The first-order valence-corrected chi connectivity index (χ1v) is 15.5. The van der Waals surface area contributed by atoms with Crippen molar-refractivity contribution in [2.45, 2.75) is 36.9 Å². The first-order valence-electron chi connectivity index (χ1n) is 14.5. The smallest absolute Gasteiger partial charge is 0.336 e. The molecule has 45 heavy (non-hydrogen) atoms. The molecule has 3 N–H and O–H groups in total. The van der Waals surface area contributed by atoms with Gasteiger partial charge in [0.1, 0.15) is 5.69 Å². The topological polar surface area (TPSA) is 131 Å². The van der Waals surface area contributed by atoms with E-state index in [0.717, 1.165) is 16.7 Å². The largest absolute Gasteiger partial charge is 0.478 e. The molecule has 1 saturated heterocycles. The maximum atomic E-state index is 12.9. The Balaban J connectivity index is 1.21. The number of benzene rings is 4. The van der Waals surface area contributed by atoms with Gasteiger partial charge in [-0.05, 0) is 47.5 Å². The van der Waals surface area contributed by atoms with E-state index in [1.165, 1.54) is 18.0 Å². The molecule has 0 aliphatic carbocycles. The normalized spacial score (nSPS) is 19.7. The van der Waals surface area contributed by atoms with E-state index in [4.69, 9.17) is 9.47 Å². The van der Waals surface area contributed by atoms with Gasteiger partial charge in [-0.1, -0.05) is 67.6 Å². The molecule has 2 heterocycles. The van der Waals surface area contributed by atoms with Crippen molar-refractivity contribution in [3.8, 4) is 0 Å². The van der Waals surface area contributed by atoms with Gasteiger partial charge < -0.3 is 25.0 Å². The third-order valence-corrected chi connectivity index (χ3v) is 8.93. The van der Waals surface area contributed by atoms with Crippen molar-refractivity contribution < 1.29 is 29.3 Å². The number of aromatic carboxylic acids is 1. The molecule has 0 bridgehead atoms. The highest BCUT2D eigenvalue weighted by Crippen LogP contribution is 2.43. The number of thioether (sulfide) groups is 1. The number of ether oxygens (including phenoxy) is 2. The highest BCUT2D eigenvalue weighted by atomic mass is 32.2. The van der Waals surface area contributed by atoms with Gasteiger partial charge in [0.25, 0.3) is 5.91 Å². The van der Waals surface area contributed by atoms with E-state index in [1.54, 1.807) is 30.3 Å². The molecule has 9 nitrogen and oxygen atoms in total. The second-order valence-electron chi connectivity index (χ2n) is 10.8. The SMILES string of the molecule is CC1C(CSc2ccccc2C(=O)O)OC(c2ccc(NC(=O)c3cnc4ccccc4n3)cc2)OC1c1ccc(CO)cc1. The van der Waals surface area contributed by atoms with E-state index in [1.807, 2.05) is 66.7 Å². The van der Waals surface area contributed by atoms with Gasteiger partial charge in [0.2, 0.25) is 0 Å². The van der Waals surface area contributed by atoms with Crippen LogP contribution in [0.15, 0.2) is 108 Å². The number of nitrogens with one attached hydrogen (secondary N) is 1. The summed E-state index contributed by atoms with van der Waals surface area (Å²) in [6, 6.07) is 29.2. The molecule has 10 heteroatoms. The average Bonchev–Trinajstić information content (AvgIpc) is 3.08. The Morgan fingerprint density at radius 3 is 2.29 bits per heavy atom. The molecule has 228 valence electrons. The number of rotatable bonds is 9. The van der Waals surface area contributed by atoms with Crippen LogP contribution in [0.4, 0.5) is 5.69 Å². The van der Waals surface area contributed by atoms with E-state index < -0.39 is 12.3 Å². The van der Waals surface area contributed by atoms with Crippen molar-refractivity contribution in [1.29, 1.82) is 0 Å². The molecule has 1 amide bonds. The summed E-state index contributed by atoms with van der Waals surface area (Å²) >= 11 is 1.44. The lowest BCUT2D eigenvalue weighted by molar-refractivity contribution is -0.268. The highest BCUT2D eigenvalue weighted by Gasteiger charge is 2.38. The van der Waals surface area contributed by atoms with Crippen LogP contribution in [0.25, 0.3) is 11.0 Å². The standard InChI is InChI=1S/C35H31N3O6S/c1-21-30(20-45-31-9-5-2-6-26(31)34(41)42)43-35(44-32(21)23-12-10-22(19-39)11-13-23)24-14-16-25(17-15-24)37-33(40)29-18-36-27-7-3-4-8-28(27)38-29/h2-18,21,30,32,35,39H,19-20H2,1H3,(H,37,40)(H,41,42). The van der Waals surface area contributed by atoms with Gasteiger partial charge in [0.05, 0.1) is 41.6 Å². The number of nitrogens with zero attached hydrogens (tertiary/aromatic N) is 2. The second-order valence-corrected chi connectivity index (χ2v) is 11.8. The number of carboxylic acids is 1. The maximum Gasteiger partial charge on any atom is 0.336 e. The van der Waals surface area contributed by atoms with Gasteiger partial charge in [0.15, 0.2) is 6.29 Å². The minimum absolute atomic E-state index is 0.0499. The summed E-state index contributed by atoms with van der Waals surface area (Å²) in [5, 5.41) is 22.0. The van der Waals surface area contributed by atoms with Crippen LogP contribution in [0.5, 0.6) is 0 Å². The predicted molar refractivity (Wildman–Crippen MR) is 171 cm³/mol. The number of aliphatic hydroxyl groups is 1. The lowest BCUT2D eigenvalue weighted by atomic mass is 9.91. The lowest BCUT2D eigenvalue weighted by Crippen LogP contribution is -2.38. The Kier molecular flexibility index (Phi) is 9.18. The van der Waals surface area contributed by atoms with Gasteiger partial charge in [0, 0.05) is 27.8 Å². The highest BCUT2D eigenvalue weighted by molar-refractivity contribution is 7.99. The molecule has 5 aromatic rings. The molecule has 1 aliphatic rings. The summed E-state index contributed by atoms with van der Waals surface area (Å²) in [6.07, 6.45) is 0.156. The van der Waals surface area contributed by atoms with Crippen LogP contribution in [0.2, 0.25) is 0 Å². The molecule has 0 radical (unpaired) electrons. The van der Waals surface area contributed by atoms with Gasteiger partial charge in [-0.2, -0.15) is 0 Å². The predicted octanol–water partition coefficient (Wildman–Crippen LogP) is 6.66. The number of carboxylic acid groups (broad SMARTS) is 1. The number of carbonyl (C=O) groups is 2. The van der Waals surface area contributed by atoms with E-state index in [9.17, 15) is 19.8 Å². The molecule has 1 aliphatic heterocycles. The van der Waals surface area contributed by atoms with Crippen LogP contribution in [0, 0.1) is 5.92 Å². The van der Waals surface area contributed by atoms with E-state index in [2.05, 4.69) is 22.2 Å². The summed E-state index contributed by atoms with van der Waals surface area (Å²) in [7, 11) is 0. The molecule has 0 saturated carbocycles. The Hall–Kier alpha value is -4.61. The molecule has 1 aromatic heterocycles. The van der Waals surface area contributed by atoms with E-state index >= 15 is 0 Å². The number of aromatic nitrogens is 2. The number of carbonyl (C=O) groups excluding carboxylic acids is 1. The van der Waals surface area contributed by atoms with Crippen molar-refractivity contribution >= 4 is 40.4 Å². The number of hydrogen-bond acceptors (Lipinski definition) is 8. The summed E-state index contributed by atoms with van der Waals surface area (Å²) in [6.45, 7) is 2.01. The molecular weight excluding hydrogens is 590 g/mol. The fourth-order valence-corrected chi connectivity index (χ4v) is 6.45. The van der Waals surface area contributed by atoms with Crippen molar-refractivity contribution in [3.63, 3.8) is 0 Å². The number of hydrogen-bond donors (Lipinski definition) is 3. The summed E-state index contributed by atoms with van der Waals surface area (Å²) in [4.78, 5) is 34.1. The number of aliphatic hydroxyl groups excluding tert-OH is 1. The lowest BCUT2D eigenvalue weighted by Gasteiger charge is -2.41. The minimum atomic E-state index is -0.974. The van der Waals surface area contributed by atoms with Gasteiger partial charge in [-0.15, -0.1) is 11.8 Å². The Morgan fingerprint density at radius 1 is 0.867 bits per heavy atom. The first kappa shape index (κ1) is 30.4. The van der Waals surface area contributed by atoms with Crippen LogP contribution in [-0.4, -0.2) is 43.9 Å². The third kappa shape index (κ3) is 6.89. The second kappa shape index (κ2) is 13.6. The van der Waals surface area contributed by atoms with Gasteiger partial charge >= 0.3 is 5.97 Å². The number of anilines is 1. The molecule has 6 rings (SSSR count). The monoisotopic (exact) mass is 621 g/mol. The van der Waals surface area contributed by atoms with Crippen LogP contribution in [-0.2, 0) is 16.1 Å². The number of para-hydroxylation sites is 2. The third-order valence-electron chi connectivity index (χ3n) is 7.77. The fraction of sp³-hybridized carbons (Fsp3) is 0.200. The zero-order chi connectivity index (χ0) is 31.3. The molecule has 0 spiro atoms. The quantitative estimate of drug-likeness (QED) is 0.155. The molecular formula is C35H31N3O6S. The van der Waals surface area contributed by atoms with Crippen molar-refractivity contribution in [1.82, 2.24) is 9.97 Å². The van der Waals surface area contributed by atoms with Crippen molar-refractivity contribution in [3.05, 3.63) is 131 Å². The molecule has 4 unspecified atom stereocenters. The van der Waals surface area contributed by atoms with E-state index in [0.29, 0.717) is 27.4 Å². The molecule has 4 atom stereocenters.